The van der Waals surface area contributed by atoms with E-state index in [-0.39, 0.29) is 0 Å². The minimum absolute atomic E-state index is 0.406. The van der Waals surface area contributed by atoms with Gasteiger partial charge in [-0.1, -0.05) is 18.2 Å². The average Bonchev–Trinajstić information content (AvgIpc) is 2.30. The van der Waals surface area contributed by atoms with Crippen LogP contribution in [0.5, 0.6) is 0 Å². The molecule has 1 aromatic carbocycles. The molecule has 0 spiro atoms. The molecular weight excluding hydrogens is 200 g/mol. The van der Waals surface area contributed by atoms with Crippen LogP contribution in [0.25, 0.3) is 0 Å². The van der Waals surface area contributed by atoms with E-state index in [4.69, 9.17) is 5.26 Å². The van der Waals surface area contributed by atoms with Crippen LogP contribution < -0.4 is 4.90 Å². The fourth-order valence-corrected chi connectivity index (χ4v) is 2.32. The van der Waals surface area contributed by atoms with Crippen molar-refractivity contribution >= 4 is 12.0 Å². The minimum atomic E-state index is 0.406. The van der Waals surface area contributed by atoms with Crippen LogP contribution in [0.2, 0.25) is 0 Å². The molecule has 0 atom stereocenters. The lowest BCUT2D eigenvalue weighted by atomic mass is 9.96. The number of nitrogens with zero attached hydrogens (tertiary/aromatic N) is 2. The van der Waals surface area contributed by atoms with E-state index < -0.39 is 0 Å². The van der Waals surface area contributed by atoms with Crippen LogP contribution in [-0.4, -0.2) is 19.4 Å². The van der Waals surface area contributed by atoms with Crippen LogP contribution in [0, 0.1) is 11.3 Å². The van der Waals surface area contributed by atoms with Gasteiger partial charge in [-0.25, -0.2) is 0 Å². The molecule has 3 nitrogen and oxygen atoms in total. The Balaban J connectivity index is 2.42. The van der Waals surface area contributed by atoms with E-state index in [1.54, 1.807) is 0 Å². The molecule has 0 unspecified atom stereocenters. The zero-order valence-electron chi connectivity index (χ0n) is 9.15. The molecule has 0 bridgehead atoms. The van der Waals surface area contributed by atoms with Gasteiger partial charge in [0.2, 0.25) is 0 Å². The molecule has 0 saturated heterocycles. The number of nitriles is 1. The van der Waals surface area contributed by atoms with Gasteiger partial charge < -0.3 is 9.69 Å². The highest BCUT2D eigenvalue weighted by atomic mass is 16.1. The fraction of sp³-hybridized carbons (Fsp3) is 0.385. The van der Waals surface area contributed by atoms with Crippen LogP contribution in [0.3, 0.4) is 0 Å². The second-order valence-corrected chi connectivity index (χ2v) is 3.98. The van der Waals surface area contributed by atoms with E-state index in [9.17, 15) is 4.79 Å². The van der Waals surface area contributed by atoms with Gasteiger partial charge in [-0.2, -0.15) is 5.26 Å². The molecule has 0 amide bonds. The Morgan fingerprint density at radius 2 is 2.38 bits per heavy atom. The zero-order valence-corrected chi connectivity index (χ0v) is 9.15. The lowest BCUT2D eigenvalue weighted by Gasteiger charge is -2.31. The molecule has 0 radical (unpaired) electrons. The van der Waals surface area contributed by atoms with E-state index >= 15 is 0 Å². The summed E-state index contributed by atoms with van der Waals surface area (Å²) >= 11 is 0. The molecule has 1 aliphatic rings. The van der Waals surface area contributed by atoms with Gasteiger partial charge >= 0.3 is 0 Å². The second-order valence-electron chi connectivity index (χ2n) is 3.98. The number of fused-ring (bicyclic) bond motifs is 1. The number of benzene rings is 1. The number of aryl methyl sites for hydroxylation is 1. The first-order valence-corrected chi connectivity index (χ1v) is 5.53. The molecule has 0 fully saturated rings. The maximum Gasteiger partial charge on any atom is 0.124 e. The van der Waals surface area contributed by atoms with E-state index in [1.807, 2.05) is 12.1 Å². The Labute approximate surface area is 95.3 Å². The van der Waals surface area contributed by atoms with Gasteiger partial charge in [-0.15, -0.1) is 0 Å². The molecule has 1 aliphatic heterocycles. The monoisotopic (exact) mass is 214 g/mol. The Morgan fingerprint density at radius 1 is 1.50 bits per heavy atom. The summed E-state index contributed by atoms with van der Waals surface area (Å²) in [5.41, 5.74) is 3.42. The number of aldehydes is 1. The highest BCUT2D eigenvalue weighted by Gasteiger charge is 2.19. The van der Waals surface area contributed by atoms with E-state index in [1.165, 1.54) is 5.56 Å². The molecule has 2 rings (SSSR count). The maximum atomic E-state index is 10.6. The molecule has 3 heteroatoms. The number of hydrogen-bond acceptors (Lipinski definition) is 3. The predicted octanol–water partition coefficient (Wildman–Crippen LogP) is 1.70. The Bertz CT molecular complexity index is 434. The number of para-hydroxylation sites is 1. The van der Waals surface area contributed by atoms with Crippen molar-refractivity contribution in [2.24, 2.45) is 0 Å². The van der Waals surface area contributed by atoms with Crippen molar-refractivity contribution in [3.8, 4) is 6.07 Å². The van der Waals surface area contributed by atoms with Crippen molar-refractivity contribution in [1.29, 1.82) is 5.26 Å². The molecule has 1 heterocycles. The van der Waals surface area contributed by atoms with Crippen molar-refractivity contribution in [3.63, 3.8) is 0 Å². The summed E-state index contributed by atoms with van der Waals surface area (Å²) in [7, 11) is 0. The smallest absolute Gasteiger partial charge is 0.124 e. The standard InChI is InChI=1S/C13H14N2O/c14-7-9-15-8-2-5-11-3-1-4-12(6-10-16)13(11)15/h1,3-4,10H,2,5-6,8-9H2. The van der Waals surface area contributed by atoms with Gasteiger partial charge in [0.05, 0.1) is 6.07 Å². The van der Waals surface area contributed by atoms with Crippen LogP contribution >= 0.6 is 0 Å². The van der Waals surface area contributed by atoms with E-state index in [2.05, 4.69) is 17.0 Å². The Morgan fingerprint density at radius 3 is 3.12 bits per heavy atom. The highest BCUT2D eigenvalue weighted by molar-refractivity contribution is 5.68. The number of carbonyl (C=O) groups excluding carboxylic acids is 1. The predicted molar refractivity (Wildman–Crippen MR) is 62.4 cm³/mol. The summed E-state index contributed by atoms with van der Waals surface area (Å²) in [5, 5.41) is 8.80. The number of anilines is 1. The fourth-order valence-electron chi connectivity index (χ4n) is 2.32. The summed E-state index contributed by atoms with van der Waals surface area (Å²) in [6.45, 7) is 1.32. The summed E-state index contributed by atoms with van der Waals surface area (Å²) in [6, 6.07) is 8.24. The third-order valence-electron chi connectivity index (χ3n) is 2.96. The van der Waals surface area contributed by atoms with Crippen molar-refractivity contribution in [3.05, 3.63) is 29.3 Å². The van der Waals surface area contributed by atoms with Crippen molar-refractivity contribution in [2.45, 2.75) is 19.3 Å². The Kier molecular flexibility index (Phi) is 3.21. The zero-order chi connectivity index (χ0) is 11.4. The normalized spacial score (nSPS) is 14.1. The van der Waals surface area contributed by atoms with Crippen molar-refractivity contribution < 1.29 is 4.79 Å². The quantitative estimate of drug-likeness (QED) is 0.568. The first-order valence-electron chi connectivity index (χ1n) is 5.53. The van der Waals surface area contributed by atoms with Crippen molar-refractivity contribution in [2.75, 3.05) is 18.0 Å². The largest absolute Gasteiger partial charge is 0.358 e. The minimum Gasteiger partial charge on any atom is -0.358 e. The van der Waals surface area contributed by atoms with Crippen LogP contribution in [0.1, 0.15) is 17.5 Å². The number of rotatable bonds is 3. The van der Waals surface area contributed by atoms with Crippen LogP contribution in [0.15, 0.2) is 18.2 Å². The SMILES string of the molecule is N#CCN1CCCc2cccc(CC=O)c21. The van der Waals surface area contributed by atoms with Gasteiger partial charge in [0, 0.05) is 18.7 Å². The highest BCUT2D eigenvalue weighted by Crippen LogP contribution is 2.30. The lowest BCUT2D eigenvalue weighted by molar-refractivity contribution is -0.107. The average molecular weight is 214 g/mol. The summed E-state index contributed by atoms with van der Waals surface area (Å²) < 4.78 is 0. The van der Waals surface area contributed by atoms with Crippen molar-refractivity contribution in [1.82, 2.24) is 0 Å². The molecule has 82 valence electrons. The molecule has 0 saturated carbocycles. The van der Waals surface area contributed by atoms with Gasteiger partial charge in [0.25, 0.3) is 0 Å². The second kappa shape index (κ2) is 4.80. The summed E-state index contributed by atoms with van der Waals surface area (Å²) in [6.07, 6.45) is 3.49. The van der Waals surface area contributed by atoms with E-state index in [0.717, 1.165) is 36.9 Å². The topological polar surface area (TPSA) is 44.1 Å². The molecule has 0 aliphatic carbocycles. The molecule has 0 aromatic heterocycles. The van der Waals surface area contributed by atoms with E-state index in [0.29, 0.717) is 13.0 Å². The van der Waals surface area contributed by atoms with Gasteiger partial charge in [0.1, 0.15) is 12.8 Å². The summed E-state index contributed by atoms with van der Waals surface area (Å²) in [5.74, 6) is 0. The lowest BCUT2D eigenvalue weighted by Crippen LogP contribution is -2.30. The third-order valence-corrected chi connectivity index (χ3v) is 2.96. The third kappa shape index (κ3) is 1.92. The van der Waals surface area contributed by atoms with Gasteiger partial charge in [0.15, 0.2) is 0 Å². The van der Waals surface area contributed by atoms with Crippen LogP contribution in [0.4, 0.5) is 5.69 Å². The molecule has 1 aromatic rings. The summed E-state index contributed by atoms with van der Waals surface area (Å²) in [4.78, 5) is 12.7. The van der Waals surface area contributed by atoms with Gasteiger partial charge in [-0.3, -0.25) is 0 Å². The first-order chi connectivity index (χ1) is 7.86. The molecule has 0 N–H and O–H groups in total. The first kappa shape index (κ1) is 10.7. The maximum absolute atomic E-state index is 10.6. The molecule has 16 heavy (non-hydrogen) atoms. The Hall–Kier alpha value is -1.82. The number of hydrogen-bond donors (Lipinski definition) is 0. The van der Waals surface area contributed by atoms with Gasteiger partial charge in [-0.05, 0) is 24.0 Å². The number of carbonyl (C=O) groups is 1. The molecular formula is C13H14N2O. The van der Waals surface area contributed by atoms with Crippen LogP contribution in [-0.2, 0) is 17.6 Å².